The molecule has 0 aromatic heterocycles. The Balaban J connectivity index is 2.19. The summed E-state index contributed by atoms with van der Waals surface area (Å²) in [5, 5.41) is 0. The van der Waals surface area contributed by atoms with Crippen molar-refractivity contribution in [2.24, 2.45) is 0 Å². The molecule has 0 bridgehead atoms. The third-order valence-corrected chi connectivity index (χ3v) is 4.11. The summed E-state index contributed by atoms with van der Waals surface area (Å²) in [5.41, 5.74) is 1.61. The second-order valence-corrected chi connectivity index (χ2v) is 4.85. The fraction of sp³-hybridized carbons (Fsp3) is 0.571. The molecule has 1 aromatic carbocycles. The Kier molecular flexibility index (Phi) is 3.75. The topological polar surface area (TPSA) is 9.23 Å². The molecule has 0 radical (unpaired) electrons. The maximum absolute atomic E-state index is 6.17. The molecule has 1 aliphatic carbocycles. The van der Waals surface area contributed by atoms with Gasteiger partial charge in [0.25, 0.3) is 0 Å². The van der Waals surface area contributed by atoms with Crippen molar-refractivity contribution in [2.45, 2.75) is 38.0 Å². The van der Waals surface area contributed by atoms with Gasteiger partial charge in [0.15, 0.2) is 0 Å². The van der Waals surface area contributed by atoms with Gasteiger partial charge in [-0.3, -0.25) is 0 Å². The van der Waals surface area contributed by atoms with Gasteiger partial charge in [-0.05, 0) is 37.5 Å². The molecule has 1 saturated carbocycles. The molecule has 1 nitrogen and oxygen atoms in total. The van der Waals surface area contributed by atoms with Crippen LogP contribution in [0.25, 0.3) is 0 Å². The van der Waals surface area contributed by atoms with Crippen LogP contribution in [0.15, 0.2) is 24.3 Å². The summed E-state index contributed by atoms with van der Waals surface area (Å²) in [6.07, 6.45) is 5.06. The fourth-order valence-electron chi connectivity index (χ4n) is 2.62. The van der Waals surface area contributed by atoms with Gasteiger partial charge in [-0.2, -0.15) is 0 Å². The van der Waals surface area contributed by atoms with Crippen LogP contribution in [0.2, 0.25) is 0 Å². The molecule has 0 amide bonds. The molecule has 88 valence electrons. The van der Waals surface area contributed by atoms with Gasteiger partial charge in [-0.25, -0.2) is 0 Å². The van der Waals surface area contributed by atoms with Crippen LogP contribution in [-0.2, 0) is 5.41 Å². The van der Waals surface area contributed by atoms with Gasteiger partial charge < -0.3 is 4.74 Å². The Bertz CT molecular complexity index is 325. The molecule has 0 spiro atoms. The van der Waals surface area contributed by atoms with Crippen molar-refractivity contribution in [1.29, 1.82) is 0 Å². The highest BCUT2D eigenvalue weighted by Crippen LogP contribution is 2.42. The molecule has 1 aliphatic rings. The van der Waals surface area contributed by atoms with Crippen molar-refractivity contribution in [3.05, 3.63) is 29.8 Å². The monoisotopic (exact) mass is 238 g/mol. The van der Waals surface area contributed by atoms with E-state index in [1.807, 2.05) is 6.92 Å². The van der Waals surface area contributed by atoms with E-state index >= 15 is 0 Å². The molecular weight excluding hydrogens is 220 g/mol. The lowest BCUT2D eigenvalue weighted by atomic mass is 9.81. The van der Waals surface area contributed by atoms with E-state index in [-0.39, 0.29) is 5.41 Å². The SMILES string of the molecule is CCOc1ccc(C2(CCl)CCCC2)cc1. The van der Waals surface area contributed by atoms with Gasteiger partial charge in [0.05, 0.1) is 6.61 Å². The van der Waals surface area contributed by atoms with E-state index in [1.165, 1.54) is 31.2 Å². The van der Waals surface area contributed by atoms with Gasteiger partial charge in [-0.15, -0.1) is 11.6 Å². The molecule has 2 rings (SSSR count). The van der Waals surface area contributed by atoms with E-state index in [9.17, 15) is 0 Å². The number of rotatable bonds is 4. The van der Waals surface area contributed by atoms with Crippen LogP contribution < -0.4 is 4.74 Å². The van der Waals surface area contributed by atoms with Gasteiger partial charge >= 0.3 is 0 Å². The highest BCUT2D eigenvalue weighted by molar-refractivity contribution is 6.18. The third kappa shape index (κ3) is 2.20. The van der Waals surface area contributed by atoms with Crippen molar-refractivity contribution in [3.63, 3.8) is 0 Å². The van der Waals surface area contributed by atoms with Crippen LogP contribution in [0.1, 0.15) is 38.2 Å². The Labute approximate surface area is 103 Å². The number of hydrogen-bond donors (Lipinski definition) is 0. The van der Waals surface area contributed by atoms with Crippen molar-refractivity contribution < 1.29 is 4.74 Å². The van der Waals surface area contributed by atoms with Crippen LogP contribution >= 0.6 is 11.6 Å². The molecule has 0 atom stereocenters. The summed E-state index contributed by atoms with van der Waals surface area (Å²) in [6, 6.07) is 8.48. The summed E-state index contributed by atoms with van der Waals surface area (Å²) in [4.78, 5) is 0. The highest BCUT2D eigenvalue weighted by Gasteiger charge is 2.34. The molecule has 0 N–H and O–H groups in total. The van der Waals surface area contributed by atoms with E-state index < -0.39 is 0 Å². The van der Waals surface area contributed by atoms with Gasteiger partial charge in [0, 0.05) is 11.3 Å². The second-order valence-electron chi connectivity index (χ2n) is 4.58. The molecule has 2 heteroatoms. The number of alkyl halides is 1. The standard InChI is InChI=1S/C14H19ClO/c1-2-16-13-7-5-12(6-8-13)14(11-15)9-3-4-10-14/h5-8H,2-4,9-11H2,1H3. The summed E-state index contributed by atoms with van der Waals surface area (Å²) in [6.45, 7) is 2.73. The van der Waals surface area contributed by atoms with Crippen molar-refractivity contribution in [1.82, 2.24) is 0 Å². The van der Waals surface area contributed by atoms with Crippen LogP contribution in [0.5, 0.6) is 5.75 Å². The maximum Gasteiger partial charge on any atom is 0.119 e. The average molecular weight is 239 g/mol. The molecule has 16 heavy (non-hydrogen) atoms. The van der Waals surface area contributed by atoms with Crippen molar-refractivity contribution in [3.8, 4) is 5.75 Å². The molecule has 1 aromatic rings. The first kappa shape index (κ1) is 11.8. The predicted octanol–water partition coefficient (Wildman–Crippen LogP) is 4.14. The number of benzene rings is 1. The minimum absolute atomic E-state index is 0.228. The quantitative estimate of drug-likeness (QED) is 0.717. The molecule has 1 fully saturated rings. The zero-order valence-corrected chi connectivity index (χ0v) is 10.6. The Morgan fingerprint density at radius 1 is 1.19 bits per heavy atom. The third-order valence-electron chi connectivity index (χ3n) is 3.59. The minimum atomic E-state index is 0.228. The summed E-state index contributed by atoms with van der Waals surface area (Å²) in [5.74, 6) is 1.69. The Morgan fingerprint density at radius 3 is 2.31 bits per heavy atom. The fourth-order valence-corrected chi connectivity index (χ4v) is 3.04. The molecular formula is C14H19ClO. The summed E-state index contributed by atoms with van der Waals surface area (Å²) < 4.78 is 5.46. The first-order valence-corrected chi connectivity index (χ1v) is 6.63. The van der Waals surface area contributed by atoms with E-state index in [1.54, 1.807) is 0 Å². The lowest BCUT2D eigenvalue weighted by Gasteiger charge is -2.27. The minimum Gasteiger partial charge on any atom is -0.494 e. The van der Waals surface area contributed by atoms with Gasteiger partial charge in [0.1, 0.15) is 5.75 Å². The molecule has 0 aliphatic heterocycles. The first-order chi connectivity index (χ1) is 7.80. The molecule has 0 heterocycles. The van der Waals surface area contributed by atoms with E-state index in [4.69, 9.17) is 16.3 Å². The van der Waals surface area contributed by atoms with Crippen LogP contribution in [0.3, 0.4) is 0 Å². The van der Waals surface area contributed by atoms with Crippen LogP contribution in [-0.4, -0.2) is 12.5 Å². The normalized spacial score (nSPS) is 18.6. The number of ether oxygens (including phenoxy) is 1. The Hall–Kier alpha value is -0.690. The van der Waals surface area contributed by atoms with E-state index in [2.05, 4.69) is 24.3 Å². The predicted molar refractivity (Wildman–Crippen MR) is 68.5 cm³/mol. The van der Waals surface area contributed by atoms with E-state index in [0.717, 1.165) is 18.2 Å². The van der Waals surface area contributed by atoms with Crippen LogP contribution in [0, 0.1) is 0 Å². The summed E-state index contributed by atoms with van der Waals surface area (Å²) in [7, 11) is 0. The zero-order valence-electron chi connectivity index (χ0n) is 9.84. The molecule has 0 saturated heterocycles. The number of hydrogen-bond acceptors (Lipinski definition) is 1. The maximum atomic E-state index is 6.17. The highest BCUT2D eigenvalue weighted by atomic mass is 35.5. The van der Waals surface area contributed by atoms with E-state index in [0.29, 0.717) is 0 Å². The second kappa shape index (κ2) is 5.09. The smallest absolute Gasteiger partial charge is 0.119 e. The summed E-state index contributed by atoms with van der Waals surface area (Å²) >= 11 is 6.17. The lowest BCUT2D eigenvalue weighted by Crippen LogP contribution is -2.23. The van der Waals surface area contributed by atoms with Gasteiger partial charge in [-0.1, -0.05) is 25.0 Å². The van der Waals surface area contributed by atoms with Crippen molar-refractivity contribution >= 4 is 11.6 Å². The van der Waals surface area contributed by atoms with Crippen LogP contribution in [0.4, 0.5) is 0 Å². The molecule has 0 unspecified atom stereocenters. The first-order valence-electron chi connectivity index (χ1n) is 6.10. The average Bonchev–Trinajstić information content (AvgIpc) is 2.80. The Morgan fingerprint density at radius 2 is 1.81 bits per heavy atom. The number of halogens is 1. The van der Waals surface area contributed by atoms with Crippen molar-refractivity contribution in [2.75, 3.05) is 12.5 Å². The zero-order chi connectivity index (χ0) is 11.4. The van der Waals surface area contributed by atoms with Gasteiger partial charge in [0.2, 0.25) is 0 Å². The lowest BCUT2D eigenvalue weighted by molar-refractivity contribution is 0.340. The largest absolute Gasteiger partial charge is 0.494 e.